The van der Waals surface area contributed by atoms with E-state index in [0.717, 1.165) is 15.8 Å². The molecule has 1 aromatic heterocycles. The van der Waals surface area contributed by atoms with Crippen molar-refractivity contribution in [3.63, 3.8) is 0 Å². The zero-order valence-electron chi connectivity index (χ0n) is 12.1. The third kappa shape index (κ3) is 2.83. The third-order valence-corrected chi connectivity index (χ3v) is 6.34. The van der Waals surface area contributed by atoms with Crippen molar-refractivity contribution in [1.29, 1.82) is 0 Å². The minimum Gasteiger partial charge on any atom is -0.469 e. The number of aromatic nitrogens is 1. The van der Waals surface area contributed by atoms with Gasteiger partial charge < -0.3 is 15.4 Å². The lowest BCUT2D eigenvalue weighted by molar-refractivity contribution is -0.144. The van der Waals surface area contributed by atoms with E-state index < -0.39 is 10.0 Å². The smallest absolute Gasteiger partial charge is 0.310 e. The number of carbonyl (C=O) groups excluding carboxylic acids is 1. The molecule has 1 fully saturated rings. The highest BCUT2D eigenvalue weighted by Crippen LogP contribution is 2.38. The van der Waals surface area contributed by atoms with Crippen LogP contribution in [0.25, 0.3) is 0 Å². The van der Waals surface area contributed by atoms with Crippen LogP contribution in [-0.2, 0) is 19.6 Å². The molecule has 10 heteroatoms. The molecule has 1 saturated heterocycles. The van der Waals surface area contributed by atoms with Gasteiger partial charge >= 0.3 is 5.97 Å². The van der Waals surface area contributed by atoms with Gasteiger partial charge in [0.05, 0.1) is 13.0 Å². The Balaban J connectivity index is 2.34. The molecule has 0 spiro atoms. The van der Waals surface area contributed by atoms with E-state index in [1.807, 2.05) is 4.90 Å². The van der Waals surface area contributed by atoms with E-state index in [4.69, 9.17) is 10.5 Å². The lowest BCUT2D eigenvalue weighted by Gasteiger charge is -2.19. The standard InChI is InChI=1S/C11H18N4O4S2/c1-14(2)21(17,18)8-9(12)13-20-10(8)15-5-4-7(6-15)11(16)19-3/h7H,4-6H2,1-3H3,(H2,12,13). The fourth-order valence-corrected chi connectivity index (χ4v) is 4.47. The molecule has 1 unspecified atom stereocenters. The van der Waals surface area contributed by atoms with E-state index in [-0.39, 0.29) is 22.6 Å². The second-order valence-corrected chi connectivity index (χ2v) is 7.78. The van der Waals surface area contributed by atoms with Gasteiger partial charge in [0.15, 0.2) is 10.7 Å². The summed E-state index contributed by atoms with van der Waals surface area (Å²) in [6, 6.07) is 0. The fourth-order valence-electron chi connectivity index (χ4n) is 2.22. The molecular weight excluding hydrogens is 316 g/mol. The molecule has 2 heterocycles. The zero-order chi connectivity index (χ0) is 15.8. The molecule has 1 aliphatic rings. The number of rotatable bonds is 4. The summed E-state index contributed by atoms with van der Waals surface area (Å²) in [6.07, 6.45) is 0.617. The van der Waals surface area contributed by atoms with Gasteiger partial charge in [0.25, 0.3) is 0 Å². The van der Waals surface area contributed by atoms with Crippen LogP contribution in [0.3, 0.4) is 0 Å². The number of carbonyl (C=O) groups is 1. The SMILES string of the molecule is COC(=O)C1CCN(c2snc(N)c2S(=O)(=O)N(C)C)C1. The monoisotopic (exact) mass is 334 g/mol. The maximum atomic E-state index is 12.4. The number of methoxy groups -OCH3 is 1. The van der Waals surface area contributed by atoms with Crippen LogP contribution in [0, 0.1) is 5.92 Å². The second kappa shape index (κ2) is 5.78. The Labute approximate surface area is 127 Å². The van der Waals surface area contributed by atoms with Gasteiger partial charge in [0.1, 0.15) is 5.00 Å². The van der Waals surface area contributed by atoms with Crippen LogP contribution < -0.4 is 10.6 Å². The lowest BCUT2D eigenvalue weighted by atomic mass is 10.1. The Morgan fingerprint density at radius 3 is 2.76 bits per heavy atom. The predicted molar refractivity (Wildman–Crippen MR) is 79.7 cm³/mol. The summed E-state index contributed by atoms with van der Waals surface area (Å²) in [5, 5.41) is 0.479. The van der Waals surface area contributed by atoms with Crippen molar-refractivity contribution >= 4 is 38.3 Å². The zero-order valence-corrected chi connectivity index (χ0v) is 13.7. The molecule has 1 aromatic rings. The van der Waals surface area contributed by atoms with Gasteiger partial charge in [-0.05, 0) is 18.0 Å². The summed E-state index contributed by atoms with van der Waals surface area (Å²) in [5.74, 6) is -0.551. The number of sulfonamides is 1. The topological polar surface area (TPSA) is 106 Å². The Hall–Kier alpha value is -1.39. The number of nitrogen functional groups attached to an aromatic ring is 1. The highest BCUT2D eigenvalue weighted by atomic mass is 32.2. The second-order valence-electron chi connectivity index (χ2n) is 4.94. The number of hydrogen-bond acceptors (Lipinski definition) is 8. The molecule has 1 aliphatic heterocycles. The van der Waals surface area contributed by atoms with Gasteiger partial charge in [0, 0.05) is 27.2 Å². The maximum Gasteiger partial charge on any atom is 0.310 e. The van der Waals surface area contributed by atoms with Crippen molar-refractivity contribution in [1.82, 2.24) is 8.68 Å². The average Bonchev–Trinajstić information content (AvgIpc) is 3.03. The molecule has 0 bridgehead atoms. The van der Waals surface area contributed by atoms with Crippen molar-refractivity contribution in [2.45, 2.75) is 11.3 Å². The molecule has 0 aliphatic carbocycles. The van der Waals surface area contributed by atoms with Crippen molar-refractivity contribution < 1.29 is 17.9 Å². The van der Waals surface area contributed by atoms with E-state index in [9.17, 15) is 13.2 Å². The van der Waals surface area contributed by atoms with Gasteiger partial charge in [-0.15, -0.1) is 0 Å². The first-order chi connectivity index (χ1) is 9.78. The lowest BCUT2D eigenvalue weighted by Crippen LogP contribution is -2.27. The number of ether oxygens (including phenoxy) is 1. The van der Waals surface area contributed by atoms with Gasteiger partial charge in [-0.1, -0.05) is 0 Å². The van der Waals surface area contributed by atoms with Crippen molar-refractivity contribution in [3.8, 4) is 0 Å². The van der Waals surface area contributed by atoms with Crippen LogP contribution in [0.1, 0.15) is 6.42 Å². The molecular formula is C11H18N4O4S2. The molecule has 2 rings (SSSR count). The largest absolute Gasteiger partial charge is 0.469 e. The van der Waals surface area contributed by atoms with E-state index in [1.165, 1.54) is 21.2 Å². The van der Waals surface area contributed by atoms with Crippen molar-refractivity contribution in [2.75, 3.05) is 44.9 Å². The average molecular weight is 334 g/mol. The highest BCUT2D eigenvalue weighted by molar-refractivity contribution is 7.89. The number of nitrogens with zero attached hydrogens (tertiary/aromatic N) is 3. The molecule has 21 heavy (non-hydrogen) atoms. The molecule has 0 radical (unpaired) electrons. The van der Waals surface area contributed by atoms with Crippen LogP contribution >= 0.6 is 11.5 Å². The van der Waals surface area contributed by atoms with E-state index in [1.54, 1.807) is 0 Å². The highest BCUT2D eigenvalue weighted by Gasteiger charge is 2.35. The minimum atomic E-state index is -3.68. The first kappa shape index (κ1) is 16.0. The summed E-state index contributed by atoms with van der Waals surface area (Å²) in [6.45, 7) is 0.974. The number of hydrogen-bond donors (Lipinski definition) is 1. The normalized spacial score (nSPS) is 19.2. The van der Waals surface area contributed by atoms with Crippen molar-refractivity contribution in [2.24, 2.45) is 5.92 Å². The first-order valence-corrected chi connectivity index (χ1v) is 8.50. The molecule has 1 atom stereocenters. The van der Waals surface area contributed by atoms with Crippen LogP contribution in [0.2, 0.25) is 0 Å². The van der Waals surface area contributed by atoms with Crippen LogP contribution in [-0.4, -0.2) is 57.4 Å². The van der Waals surface area contributed by atoms with Crippen LogP contribution in [0.15, 0.2) is 4.90 Å². The summed E-state index contributed by atoms with van der Waals surface area (Å²) in [7, 11) is 0.551. The summed E-state index contributed by atoms with van der Waals surface area (Å²) in [5.41, 5.74) is 5.73. The fraction of sp³-hybridized carbons (Fsp3) is 0.636. The van der Waals surface area contributed by atoms with Gasteiger partial charge in [-0.3, -0.25) is 4.79 Å². The quantitative estimate of drug-likeness (QED) is 0.771. The summed E-state index contributed by atoms with van der Waals surface area (Å²) >= 11 is 1.03. The third-order valence-electron chi connectivity index (χ3n) is 3.41. The predicted octanol–water partition coefficient (Wildman–Crippen LogP) is -0.0251. The van der Waals surface area contributed by atoms with Gasteiger partial charge in [-0.2, -0.15) is 4.37 Å². The van der Waals surface area contributed by atoms with Gasteiger partial charge in [0.2, 0.25) is 10.0 Å². The molecule has 0 amide bonds. The van der Waals surface area contributed by atoms with E-state index in [0.29, 0.717) is 24.5 Å². The Morgan fingerprint density at radius 1 is 1.52 bits per heavy atom. The van der Waals surface area contributed by atoms with E-state index >= 15 is 0 Å². The number of anilines is 2. The van der Waals surface area contributed by atoms with Gasteiger partial charge in [-0.25, -0.2) is 12.7 Å². The molecule has 0 aromatic carbocycles. The number of esters is 1. The first-order valence-electron chi connectivity index (χ1n) is 6.29. The Kier molecular flexibility index (Phi) is 4.40. The number of nitrogens with two attached hydrogens (primary N) is 1. The molecule has 118 valence electrons. The summed E-state index contributed by atoms with van der Waals surface area (Å²) in [4.78, 5) is 13.4. The summed E-state index contributed by atoms with van der Waals surface area (Å²) < 4.78 is 34.5. The minimum absolute atomic E-state index is 0.00906. The Bertz CT molecular complexity index is 641. The molecule has 8 nitrogen and oxygen atoms in total. The molecule has 0 saturated carbocycles. The van der Waals surface area contributed by atoms with Crippen LogP contribution in [0.5, 0.6) is 0 Å². The van der Waals surface area contributed by atoms with Crippen LogP contribution in [0.4, 0.5) is 10.8 Å². The van der Waals surface area contributed by atoms with E-state index in [2.05, 4.69) is 4.37 Å². The Morgan fingerprint density at radius 2 is 2.19 bits per heavy atom. The molecule has 2 N–H and O–H groups in total. The van der Waals surface area contributed by atoms with Crippen molar-refractivity contribution in [3.05, 3.63) is 0 Å². The maximum absolute atomic E-state index is 12.4.